The van der Waals surface area contributed by atoms with Crippen molar-refractivity contribution in [2.45, 2.75) is 27.8 Å². The standard InChI is InChI=1S/C20H19FN2O3S2/c1-23-18(15-5-3-2-4-6-15)22-19(20(23)27(24)13-14-7-8-14)28(25,26)17-11-9-16(21)10-12-17/h2-6,9-12,14H,7-8,13H2,1H3. The van der Waals surface area contributed by atoms with Crippen molar-refractivity contribution in [3.05, 3.63) is 60.4 Å². The number of sulfone groups is 1. The first kappa shape index (κ1) is 19.0. The van der Waals surface area contributed by atoms with Crippen LogP contribution >= 0.6 is 0 Å². The first-order valence-electron chi connectivity index (χ1n) is 8.89. The zero-order valence-corrected chi connectivity index (χ0v) is 16.8. The lowest BCUT2D eigenvalue weighted by atomic mass is 10.2. The second kappa shape index (κ2) is 7.25. The van der Waals surface area contributed by atoms with Gasteiger partial charge in [0.15, 0.2) is 5.03 Å². The van der Waals surface area contributed by atoms with Gasteiger partial charge in [0.25, 0.3) is 0 Å². The van der Waals surface area contributed by atoms with Gasteiger partial charge < -0.3 is 4.57 Å². The maximum absolute atomic E-state index is 13.3. The summed E-state index contributed by atoms with van der Waals surface area (Å²) >= 11 is 0. The van der Waals surface area contributed by atoms with Crippen LogP contribution in [0.3, 0.4) is 0 Å². The lowest BCUT2D eigenvalue weighted by Crippen LogP contribution is -2.12. The fourth-order valence-corrected chi connectivity index (χ4v) is 6.48. The molecule has 1 fully saturated rings. The Balaban J connectivity index is 1.89. The summed E-state index contributed by atoms with van der Waals surface area (Å²) in [5.74, 6) is 0.680. The minimum atomic E-state index is -4.05. The van der Waals surface area contributed by atoms with Gasteiger partial charge in [-0.05, 0) is 43.0 Å². The van der Waals surface area contributed by atoms with Crippen LogP contribution in [0.15, 0.2) is 69.5 Å². The van der Waals surface area contributed by atoms with Gasteiger partial charge in [0.2, 0.25) is 9.84 Å². The lowest BCUT2D eigenvalue weighted by molar-refractivity contribution is 0.586. The molecule has 1 atom stereocenters. The van der Waals surface area contributed by atoms with Crippen molar-refractivity contribution in [1.29, 1.82) is 0 Å². The molecular formula is C20H19FN2O3S2. The molecule has 0 bridgehead atoms. The minimum absolute atomic E-state index is 0.0729. The van der Waals surface area contributed by atoms with Crippen LogP contribution in [0, 0.1) is 11.7 Å². The van der Waals surface area contributed by atoms with Gasteiger partial charge in [0.1, 0.15) is 16.7 Å². The van der Waals surface area contributed by atoms with Crippen LogP contribution in [-0.4, -0.2) is 27.9 Å². The van der Waals surface area contributed by atoms with Crippen molar-refractivity contribution in [3.63, 3.8) is 0 Å². The lowest BCUT2D eigenvalue weighted by Gasteiger charge is -2.08. The van der Waals surface area contributed by atoms with Crippen LogP contribution in [-0.2, 0) is 27.7 Å². The molecule has 0 radical (unpaired) electrons. The number of hydrogen-bond acceptors (Lipinski definition) is 4. The van der Waals surface area contributed by atoms with Crippen molar-refractivity contribution in [2.75, 3.05) is 5.75 Å². The van der Waals surface area contributed by atoms with Gasteiger partial charge in [-0.2, -0.15) is 0 Å². The Bertz CT molecular complexity index is 1140. The number of rotatable bonds is 6. The number of hydrogen-bond donors (Lipinski definition) is 0. The summed E-state index contributed by atoms with van der Waals surface area (Å²) in [5.41, 5.74) is 0.732. The molecule has 1 saturated carbocycles. The zero-order chi connectivity index (χ0) is 19.9. The molecule has 3 aromatic rings. The normalized spacial score (nSPS) is 15.5. The molecule has 0 amide bonds. The molecule has 1 aliphatic carbocycles. The molecule has 1 aliphatic rings. The van der Waals surface area contributed by atoms with Crippen LogP contribution in [0.4, 0.5) is 4.39 Å². The van der Waals surface area contributed by atoms with E-state index in [1.807, 2.05) is 30.3 Å². The summed E-state index contributed by atoms with van der Waals surface area (Å²) in [4.78, 5) is 4.31. The topological polar surface area (TPSA) is 69.0 Å². The average molecular weight is 419 g/mol. The van der Waals surface area contributed by atoms with E-state index in [9.17, 15) is 17.0 Å². The third kappa shape index (κ3) is 3.54. The summed E-state index contributed by atoms with van der Waals surface area (Å²) in [5, 5.41) is -0.0328. The molecular weight excluding hydrogens is 399 g/mol. The predicted octanol–water partition coefficient (Wildman–Crippen LogP) is 3.58. The van der Waals surface area contributed by atoms with Gasteiger partial charge in [-0.1, -0.05) is 30.3 Å². The van der Waals surface area contributed by atoms with E-state index in [2.05, 4.69) is 4.98 Å². The maximum Gasteiger partial charge on any atom is 0.226 e. The van der Waals surface area contributed by atoms with Crippen molar-refractivity contribution in [3.8, 4) is 11.4 Å². The molecule has 146 valence electrons. The molecule has 8 heteroatoms. The first-order chi connectivity index (χ1) is 13.4. The molecule has 5 nitrogen and oxygen atoms in total. The summed E-state index contributed by atoms with van der Waals surface area (Å²) < 4.78 is 54.4. The molecule has 4 rings (SSSR count). The van der Waals surface area contributed by atoms with E-state index in [0.717, 1.165) is 30.5 Å². The summed E-state index contributed by atoms with van der Waals surface area (Å²) in [6, 6.07) is 13.8. The molecule has 1 unspecified atom stereocenters. The highest BCUT2D eigenvalue weighted by Crippen LogP contribution is 2.35. The SMILES string of the molecule is Cn1c(-c2ccccc2)nc(S(=O)(=O)c2ccc(F)cc2)c1S(=O)CC1CC1. The highest BCUT2D eigenvalue weighted by molar-refractivity contribution is 7.92. The highest BCUT2D eigenvalue weighted by Gasteiger charge is 2.34. The maximum atomic E-state index is 13.3. The third-order valence-corrected chi connectivity index (χ3v) is 8.21. The van der Waals surface area contributed by atoms with Gasteiger partial charge in [0.05, 0.1) is 15.7 Å². The molecule has 1 aromatic heterocycles. The number of imidazole rings is 1. The van der Waals surface area contributed by atoms with Gasteiger partial charge in [-0.3, -0.25) is 4.21 Å². The molecule has 2 aromatic carbocycles. The van der Waals surface area contributed by atoms with Crippen LogP contribution in [0.2, 0.25) is 0 Å². The Morgan fingerprint density at radius 3 is 2.36 bits per heavy atom. The Morgan fingerprint density at radius 1 is 1.11 bits per heavy atom. The molecule has 0 N–H and O–H groups in total. The largest absolute Gasteiger partial charge is 0.319 e. The summed E-state index contributed by atoms with van der Waals surface area (Å²) in [6.07, 6.45) is 2.02. The van der Waals surface area contributed by atoms with Crippen LogP contribution in [0.1, 0.15) is 12.8 Å². The monoisotopic (exact) mass is 418 g/mol. The number of nitrogens with zero attached hydrogens (tertiary/aromatic N) is 2. The highest BCUT2D eigenvalue weighted by atomic mass is 32.2. The van der Waals surface area contributed by atoms with E-state index in [1.54, 1.807) is 11.6 Å². The molecule has 28 heavy (non-hydrogen) atoms. The van der Waals surface area contributed by atoms with Crippen molar-refractivity contribution < 1.29 is 17.0 Å². The third-order valence-electron chi connectivity index (χ3n) is 4.72. The fourth-order valence-electron chi connectivity index (χ4n) is 3.03. The number of halogens is 1. The minimum Gasteiger partial charge on any atom is -0.319 e. The Kier molecular flexibility index (Phi) is 4.93. The second-order valence-electron chi connectivity index (χ2n) is 6.88. The molecule has 0 spiro atoms. The Labute approximate surface area is 165 Å². The van der Waals surface area contributed by atoms with E-state index in [-0.39, 0.29) is 14.9 Å². The Morgan fingerprint density at radius 2 is 1.75 bits per heavy atom. The van der Waals surface area contributed by atoms with Crippen molar-refractivity contribution in [2.24, 2.45) is 13.0 Å². The number of aromatic nitrogens is 2. The van der Waals surface area contributed by atoms with Crippen LogP contribution < -0.4 is 0 Å². The molecule has 1 heterocycles. The van der Waals surface area contributed by atoms with E-state index in [0.29, 0.717) is 17.5 Å². The average Bonchev–Trinajstić information content (AvgIpc) is 3.42. The second-order valence-corrected chi connectivity index (χ2v) is 10.2. The Hall–Kier alpha value is -2.32. The van der Waals surface area contributed by atoms with Gasteiger partial charge in [0, 0.05) is 18.4 Å². The van der Waals surface area contributed by atoms with Gasteiger partial charge in [-0.15, -0.1) is 0 Å². The van der Waals surface area contributed by atoms with Crippen molar-refractivity contribution in [1.82, 2.24) is 9.55 Å². The molecule has 0 aliphatic heterocycles. The quantitative estimate of drug-likeness (QED) is 0.574. The predicted molar refractivity (Wildman–Crippen MR) is 104 cm³/mol. The van der Waals surface area contributed by atoms with E-state index < -0.39 is 26.5 Å². The zero-order valence-electron chi connectivity index (χ0n) is 15.2. The van der Waals surface area contributed by atoms with E-state index in [4.69, 9.17) is 0 Å². The number of benzene rings is 2. The molecule has 0 saturated heterocycles. The first-order valence-corrected chi connectivity index (χ1v) is 11.7. The van der Waals surface area contributed by atoms with Crippen LogP contribution in [0.25, 0.3) is 11.4 Å². The van der Waals surface area contributed by atoms with E-state index >= 15 is 0 Å². The fraction of sp³-hybridized carbons (Fsp3) is 0.250. The smallest absolute Gasteiger partial charge is 0.226 e. The summed E-state index contributed by atoms with van der Waals surface area (Å²) in [7, 11) is -3.87. The summed E-state index contributed by atoms with van der Waals surface area (Å²) in [6.45, 7) is 0. The van der Waals surface area contributed by atoms with Crippen molar-refractivity contribution >= 4 is 20.6 Å². The van der Waals surface area contributed by atoms with E-state index in [1.165, 1.54) is 12.1 Å². The van der Waals surface area contributed by atoms with Gasteiger partial charge in [-0.25, -0.2) is 17.8 Å². The van der Waals surface area contributed by atoms with Gasteiger partial charge >= 0.3 is 0 Å². The van der Waals surface area contributed by atoms with Crippen LogP contribution in [0.5, 0.6) is 0 Å².